The summed E-state index contributed by atoms with van der Waals surface area (Å²) in [6.07, 6.45) is 4.93. The Kier molecular flexibility index (Phi) is 5.67. The summed E-state index contributed by atoms with van der Waals surface area (Å²) in [5, 5.41) is 0. The van der Waals surface area contributed by atoms with Crippen molar-refractivity contribution >= 4 is 18.6 Å². The Bertz CT molecular complexity index is 1270. The molecule has 0 saturated heterocycles. The van der Waals surface area contributed by atoms with Gasteiger partial charge < -0.3 is 17.6 Å². The molecule has 0 N–H and O–H groups in total. The SMILES string of the molecule is CC(C)(C)c1ccc(C2=[O+][B-](F)(F)OC(c3cc4ccc3CCc3ccc(cc3)CC4)=C2)cc1. The van der Waals surface area contributed by atoms with Crippen LogP contribution in [0, 0.1) is 0 Å². The molecule has 3 aromatic rings. The fourth-order valence-electron chi connectivity index (χ4n) is 4.60. The first-order valence-corrected chi connectivity index (χ1v) is 11.9. The number of hydrogen-bond donors (Lipinski definition) is 0. The van der Waals surface area contributed by atoms with Crippen LogP contribution in [-0.4, -0.2) is 12.9 Å². The summed E-state index contributed by atoms with van der Waals surface area (Å²) in [6.45, 7) is 6.37. The number of allylic oxidation sites excluding steroid dienone is 1. The molecule has 3 aromatic carbocycles. The number of rotatable bonds is 2. The number of hydrogen-bond acceptors (Lipinski definition) is 1. The van der Waals surface area contributed by atoms with Crippen molar-refractivity contribution in [3.8, 4) is 0 Å². The predicted octanol–water partition coefficient (Wildman–Crippen LogP) is 7.03. The molecule has 0 atom stereocenters. The number of aryl methyl sites for hydroxylation is 4. The molecule has 0 amide bonds. The lowest BCUT2D eigenvalue weighted by atomic mass is 9.86. The Labute approximate surface area is 200 Å². The highest BCUT2D eigenvalue weighted by Gasteiger charge is 2.53. The van der Waals surface area contributed by atoms with Gasteiger partial charge in [-0.1, -0.05) is 69.3 Å². The molecule has 0 aromatic heterocycles. The minimum Gasteiger partial charge on any atom is -0.569 e. The molecule has 8 rings (SSSR count). The van der Waals surface area contributed by atoms with Gasteiger partial charge in [0, 0.05) is 5.56 Å². The fourth-order valence-corrected chi connectivity index (χ4v) is 4.60. The lowest BCUT2D eigenvalue weighted by molar-refractivity contribution is -0.183. The zero-order valence-electron chi connectivity index (χ0n) is 19.9. The summed E-state index contributed by atoms with van der Waals surface area (Å²) in [6, 6.07) is 22.5. The van der Waals surface area contributed by atoms with Gasteiger partial charge in [0.15, 0.2) is 0 Å². The largest absolute Gasteiger partial charge is 0.995 e. The van der Waals surface area contributed by atoms with Gasteiger partial charge >= 0.3 is 7.11 Å². The van der Waals surface area contributed by atoms with E-state index in [0.717, 1.165) is 47.9 Å². The maximum absolute atomic E-state index is 14.7. The molecule has 4 aliphatic carbocycles. The van der Waals surface area contributed by atoms with E-state index in [-0.39, 0.29) is 17.0 Å². The lowest BCUT2D eigenvalue weighted by Crippen LogP contribution is -2.31. The Balaban J connectivity index is 1.54. The van der Waals surface area contributed by atoms with Gasteiger partial charge in [0.2, 0.25) is 0 Å². The smallest absolute Gasteiger partial charge is 0.569 e. The minimum atomic E-state index is -4.47. The van der Waals surface area contributed by atoms with E-state index < -0.39 is 7.11 Å². The molecule has 34 heavy (non-hydrogen) atoms. The standard InChI is InChI=1S/C29H29BF2O2/c1-29(2,3)25-16-14-24(15-17-25)27-19-28(34-30(31,32)33-27)26-18-22-9-8-20-4-6-21(7-5-20)10-12-23(26)13-11-22/h4-7,11,13-19H,8-10,12H2,1-3H3. The maximum atomic E-state index is 14.7. The summed E-state index contributed by atoms with van der Waals surface area (Å²) in [4.78, 5) is 0. The third-order valence-electron chi connectivity index (χ3n) is 6.67. The van der Waals surface area contributed by atoms with Crippen molar-refractivity contribution in [3.63, 3.8) is 0 Å². The average Bonchev–Trinajstić information content (AvgIpc) is 2.79. The van der Waals surface area contributed by atoms with Crippen molar-refractivity contribution in [1.82, 2.24) is 0 Å². The maximum Gasteiger partial charge on any atom is 0.995 e. The molecular formula is C29H29BF2O2. The molecule has 0 saturated carbocycles. The van der Waals surface area contributed by atoms with Crippen molar-refractivity contribution in [2.24, 2.45) is 0 Å². The van der Waals surface area contributed by atoms with E-state index in [1.165, 1.54) is 11.1 Å². The highest BCUT2D eigenvalue weighted by molar-refractivity contribution is 6.52. The molecule has 4 bridgehead atoms. The van der Waals surface area contributed by atoms with Crippen LogP contribution >= 0.6 is 0 Å². The second-order valence-corrected chi connectivity index (χ2v) is 10.3. The first-order valence-electron chi connectivity index (χ1n) is 11.9. The van der Waals surface area contributed by atoms with Crippen LogP contribution in [0.4, 0.5) is 8.63 Å². The monoisotopic (exact) mass is 458 g/mol. The van der Waals surface area contributed by atoms with Gasteiger partial charge in [-0.2, -0.15) is 0 Å². The molecule has 0 unspecified atom stereocenters. The van der Waals surface area contributed by atoms with Crippen molar-refractivity contribution in [3.05, 3.63) is 112 Å². The van der Waals surface area contributed by atoms with Crippen molar-refractivity contribution in [1.29, 1.82) is 0 Å². The van der Waals surface area contributed by atoms with E-state index in [1.807, 2.05) is 30.3 Å². The van der Waals surface area contributed by atoms with Gasteiger partial charge in [0.1, 0.15) is 0 Å². The first kappa shape index (κ1) is 22.6. The normalized spacial score (nSPS) is 17.3. The van der Waals surface area contributed by atoms with Gasteiger partial charge in [-0.05, 0) is 77.1 Å². The fraction of sp³-hybridized carbons (Fsp3) is 0.276. The van der Waals surface area contributed by atoms with Crippen LogP contribution in [0.2, 0.25) is 0 Å². The molecule has 0 radical (unpaired) electrons. The number of benzene rings is 3. The van der Waals surface area contributed by atoms with Crippen molar-refractivity contribution < 1.29 is 17.6 Å². The van der Waals surface area contributed by atoms with Crippen LogP contribution < -0.4 is 0 Å². The predicted molar refractivity (Wildman–Crippen MR) is 134 cm³/mol. The minimum absolute atomic E-state index is 0.0212. The topological polar surface area (TPSA) is 20.5 Å². The summed E-state index contributed by atoms with van der Waals surface area (Å²) in [7, 11) is -4.47. The van der Waals surface area contributed by atoms with Crippen molar-refractivity contribution in [2.75, 3.05) is 0 Å². The first-order chi connectivity index (χ1) is 16.2. The average molecular weight is 458 g/mol. The third kappa shape index (κ3) is 4.84. The van der Waals surface area contributed by atoms with Crippen molar-refractivity contribution in [2.45, 2.75) is 51.9 Å². The van der Waals surface area contributed by atoms with Crippen LogP contribution in [0.15, 0.2) is 72.8 Å². The summed E-state index contributed by atoms with van der Waals surface area (Å²) in [5.74, 6) is 0.313. The quantitative estimate of drug-likeness (QED) is 0.298. The van der Waals surface area contributed by atoms with Gasteiger partial charge in [-0.15, -0.1) is 0 Å². The van der Waals surface area contributed by atoms with Crippen LogP contribution in [0.5, 0.6) is 0 Å². The molecule has 174 valence electrons. The summed E-state index contributed by atoms with van der Waals surface area (Å²) in [5.41, 5.74) is 7.06. The Hall–Kier alpha value is -3.21. The van der Waals surface area contributed by atoms with Gasteiger partial charge in [-0.3, -0.25) is 0 Å². The second-order valence-electron chi connectivity index (χ2n) is 10.3. The number of halogens is 2. The molecule has 1 aliphatic heterocycles. The van der Waals surface area contributed by atoms with E-state index in [1.54, 1.807) is 6.08 Å². The molecule has 5 heteroatoms. The van der Waals surface area contributed by atoms with Gasteiger partial charge in [0.25, 0.3) is 5.78 Å². The van der Waals surface area contributed by atoms with Crippen LogP contribution in [-0.2, 0) is 35.8 Å². The third-order valence-corrected chi connectivity index (χ3v) is 6.67. The van der Waals surface area contributed by atoms with E-state index in [0.29, 0.717) is 5.56 Å². The zero-order chi connectivity index (χ0) is 23.9. The van der Waals surface area contributed by atoms with E-state index in [4.69, 9.17) is 9.00 Å². The Morgan fingerprint density at radius 3 is 2.00 bits per heavy atom. The molecule has 1 heterocycles. The highest BCUT2D eigenvalue weighted by Crippen LogP contribution is 2.33. The van der Waals surface area contributed by atoms with Gasteiger partial charge in [-0.25, -0.2) is 0 Å². The van der Waals surface area contributed by atoms with Gasteiger partial charge in [0.05, 0.1) is 17.4 Å². The Morgan fingerprint density at radius 1 is 0.765 bits per heavy atom. The van der Waals surface area contributed by atoms with Crippen LogP contribution in [0.1, 0.15) is 64.1 Å². The molecular weight excluding hydrogens is 429 g/mol. The molecule has 5 aliphatic rings. The zero-order valence-corrected chi connectivity index (χ0v) is 19.9. The summed E-state index contributed by atoms with van der Waals surface area (Å²) >= 11 is 0. The number of carbonyl (C=O) groups excluding carboxylic acids is 1. The Morgan fingerprint density at radius 2 is 1.35 bits per heavy atom. The number of ketones is 1. The molecule has 0 spiro atoms. The lowest BCUT2D eigenvalue weighted by Gasteiger charge is -2.23. The highest BCUT2D eigenvalue weighted by atomic mass is 19.3. The van der Waals surface area contributed by atoms with Crippen LogP contribution in [0.25, 0.3) is 5.76 Å². The molecule has 2 nitrogen and oxygen atoms in total. The molecule has 0 fully saturated rings. The summed E-state index contributed by atoms with van der Waals surface area (Å²) < 4.78 is 39.6. The van der Waals surface area contributed by atoms with E-state index in [9.17, 15) is 8.63 Å². The second kappa shape index (κ2) is 8.54. The van der Waals surface area contributed by atoms with Crippen LogP contribution in [0.3, 0.4) is 0 Å². The van der Waals surface area contributed by atoms with E-state index in [2.05, 4.69) is 57.2 Å². The van der Waals surface area contributed by atoms with E-state index >= 15 is 0 Å².